The van der Waals surface area contributed by atoms with Gasteiger partial charge in [0.2, 0.25) is 0 Å². The molecule has 0 radical (unpaired) electrons. The Morgan fingerprint density at radius 3 is 2.43 bits per heavy atom. The van der Waals surface area contributed by atoms with Crippen molar-refractivity contribution in [1.29, 1.82) is 0 Å². The molecule has 1 fully saturated rings. The molecule has 1 aliphatic rings. The lowest BCUT2D eigenvalue weighted by Gasteiger charge is -2.28. The van der Waals surface area contributed by atoms with Crippen LogP contribution in [0.2, 0.25) is 0 Å². The number of carbonyl (C=O) groups is 2. The molecule has 11 nitrogen and oxygen atoms in total. The van der Waals surface area contributed by atoms with E-state index in [2.05, 4.69) is 30.8 Å². The fourth-order valence-corrected chi connectivity index (χ4v) is 4.57. The molecule has 2 heterocycles. The lowest BCUT2D eigenvalue weighted by atomic mass is 9.77. The first-order chi connectivity index (χ1) is 16.9. The van der Waals surface area contributed by atoms with Crippen molar-refractivity contribution in [2.75, 3.05) is 10.6 Å². The van der Waals surface area contributed by atoms with Gasteiger partial charge in [0, 0.05) is 17.8 Å². The Bertz CT molecular complexity index is 1410. The summed E-state index contributed by atoms with van der Waals surface area (Å²) in [6.07, 6.45) is 4.01. The van der Waals surface area contributed by atoms with Gasteiger partial charge in [0.25, 0.3) is 0 Å². The Morgan fingerprint density at radius 2 is 1.69 bits per heavy atom. The van der Waals surface area contributed by atoms with Gasteiger partial charge in [-0.3, -0.25) is 9.59 Å². The topological polar surface area (TPSA) is 166 Å². The third-order valence-corrected chi connectivity index (χ3v) is 6.34. The van der Waals surface area contributed by atoms with Crippen molar-refractivity contribution in [3.05, 3.63) is 64.4 Å². The van der Waals surface area contributed by atoms with Gasteiger partial charge in [-0.05, 0) is 73.4 Å². The number of nitrogens with zero attached hydrogens (tertiary/aromatic N) is 2. The number of amides is 1. The zero-order chi connectivity index (χ0) is 24.4. The second-order valence-electron chi connectivity index (χ2n) is 8.77. The van der Waals surface area contributed by atoms with Gasteiger partial charge in [-0.2, -0.15) is 0 Å². The van der Waals surface area contributed by atoms with Crippen LogP contribution in [0.3, 0.4) is 0 Å². The maximum atomic E-state index is 12.5. The van der Waals surface area contributed by atoms with Crippen LogP contribution in [0.15, 0.2) is 51.7 Å². The van der Waals surface area contributed by atoms with E-state index in [1.165, 1.54) is 5.56 Å². The number of aromatic amines is 2. The second kappa shape index (κ2) is 9.45. The minimum absolute atomic E-state index is 0.0428. The van der Waals surface area contributed by atoms with E-state index in [1.807, 2.05) is 24.3 Å². The Hall–Kier alpha value is -4.41. The van der Waals surface area contributed by atoms with E-state index in [-0.39, 0.29) is 29.9 Å². The highest BCUT2D eigenvalue weighted by Crippen LogP contribution is 2.37. The molecule has 2 aromatic carbocycles. The van der Waals surface area contributed by atoms with E-state index in [0.29, 0.717) is 28.3 Å². The standard InChI is InChI=1S/C24H24N6O5/c31-20(32)11-13-1-3-14(4-2-13)15-5-7-16(8-6-15)25-21(33)22-29-30-24(35-22)26-17-9-10-18-19(12-17)28-23(34)27-18/h5-10,12-14H,1-4,11H2,(H,25,33)(H,26,30)(H,31,32)(H2,27,28,34). The average Bonchev–Trinajstić information content (AvgIpc) is 3.45. The van der Waals surface area contributed by atoms with Crippen LogP contribution < -0.4 is 16.3 Å². The van der Waals surface area contributed by atoms with Gasteiger partial charge >= 0.3 is 29.5 Å². The van der Waals surface area contributed by atoms with Crippen LogP contribution in [0.5, 0.6) is 0 Å². The summed E-state index contributed by atoms with van der Waals surface area (Å²) in [5.41, 5.74) is 3.38. The molecule has 35 heavy (non-hydrogen) atoms. The van der Waals surface area contributed by atoms with Crippen LogP contribution in [-0.4, -0.2) is 37.1 Å². The lowest BCUT2D eigenvalue weighted by Crippen LogP contribution is -2.16. The van der Waals surface area contributed by atoms with Crippen molar-refractivity contribution < 1.29 is 19.1 Å². The molecule has 5 N–H and O–H groups in total. The molecular weight excluding hydrogens is 452 g/mol. The Kier molecular flexibility index (Phi) is 6.04. The van der Waals surface area contributed by atoms with Crippen LogP contribution in [0.1, 0.15) is 54.3 Å². The fourth-order valence-electron chi connectivity index (χ4n) is 4.57. The highest BCUT2D eigenvalue weighted by Gasteiger charge is 2.24. The molecule has 0 spiro atoms. The molecule has 0 saturated heterocycles. The van der Waals surface area contributed by atoms with Gasteiger partial charge < -0.3 is 30.1 Å². The van der Waals surface area contributed by atoms with Crippen molar-refractivity contribution in [1.82, 2.24) is 20.2 Å². The van der Waals surface area contributed by atoms with E-state index in [9.17, 15) is 14.4 Å². The molecule has 11 heteroatoms. The van der Waals surface area contributed by atoms with Crippen LogP contribution in [0.4, 0.5) is 17.4 Å². The number of nitrogens with one attached hydrogen (secondary N) is 4. The number of carbonyl (C=O) groups excluding carboxylic acids is 1. The summed E-state index contributed by atoms with van der Waals surface area (Å²) in [6, 6.07) is 12.8. The SMILES string of the molecule is O=C(O)CC1CCC(c2ccc(NC(=O)c3nnc(Nc4ccc5[nH]c(=O)[nH]c5c4)o3)cc2)CC1. The summed E-state index contributed by atoms with van der Waals surface area (Å²) in [4.78, 5) is 40.2. The van der Waals surface area contributed by atoms with Gasteiger partial charge in [0.05, 0.1) is 11.0 Å². The highest BCUT2D eigenvalue weighted by atomic mass is 16.4. The first-order valence-electron chi connectivity index (χ1n) is 11.4. The monoisotopic (exact) mass is 476 g/mol. The maximum absolute atomic E-state index is 12.5. The summed E-state index contributed by atoms with van der Waals surface area (Å²) in [7, 11) is 0. The Labute approximate surface area is 199 Å². The summed E-state index contributed by atoms with van der Waals surface area (Å²) < 4.78 is 5.43. The van der Waals surface area contributed by atoms with Crippen molar-refractivity contribution in [2.45, 2.75) is 38.0 Å². The van der Waals surface area contributed by atoms with Gasteiger partial charge in [-0.25, -0.2) is 4.79 Å². The van der Waals surface area contributed by atoms with Gasteiger partial charge in [-0.15, -0.1) is 5.10 Å². The third kappa shape index (κ3) is 5.24. The molecule has 1 aliphatic carbocycles. The normalized spacial score (nSPS) is 17.8. The number of rotatable bonds is 7. The molecule has 1 amide bonds. The van der Waals surface area contributed by atoms with E-state index < -0.39 is 11.9 Å². The second-order valence-corrected chi connectivity index (χ2v) is 8.77. The molecular formula is C24H24N6O5. The number of benzene rings is 2. The number of aliphatic carboxylic acids is 1. The summed E-state index contributed by atoms with van der Waals surface area (Å²) in [6.45, 7) is 0. The smallest absolute Gasteiger partial charge is 0.323 e. The van der Waals surface area contributed by atoms with E-state index >= 15 is 0 Å². The predicted octanol–water partition coefficient (Wildman–Crippen LogP) is 3.98. The number of carboxylic acid groups (broad SMARTS) is 1. The molecule has 2 aromatic heterocycles. The largest absolute Gasteiger partial charge is 0.481 e. The number of hydrogen-bond acceptors (Lipinski definition) is 7. The molecule has 1 saturated carbocycles. The van der Waals surface area contributed by atoms with Crippen molar-refractivity contribution in [3.63, 3.8) is 0 Å². The van der Waals surface area contributed by atoms with Gasteiger partial charge in [-0.1, -0.05) is 17.2 Å². The van der Waals surface area contributed by atoms with E-state index in [1.54, 1.807) is 18.2 Å². The molecule has 4 aromatic rings. The van der Waals surface area contributed by atoms with E-state index in [0.717, 1.165) is 25.7 Å². The summed E-state index contributed by atoms with van der Waals surface area (Å²) in [5.74, 6) is -0.787. The van der Waals surface area contributed by atoms with Crippen LogP contribution >= 0.6 is 0 Å². The average molecular weight is 476 g/mol. The van der Waals surface area contributed by atoms with Crippen molar-refractivity contribution in [3.8, 4) is 0 Å². The predicted molar refractivity (Wildman–Crippen MR) is 128 cm³/mol. The molecule has 0 bridgehead atoms. The minimum atomic E-state index is -0.728. The van der Waals surface area contributed by atoms with E-state index in [4.69, 9.17) is 9.52 Å². The Balaban J connectivity index is 1.17. The van der Waals surface area contributed by atoms with Gasteiger partial charge in [0.1, 0.15) is 0 Å². The molecule has 0 atom stereocenters. The number of fused-ring (bicyclic) bond motifs is 1. The number of imidazole rings is 1. The number of aromatic nitrogens is 4. The number of carboxylic acids is 1. The molecule has 5 rings (SSSR count). The fraction of sp³-hybridized carbons (Fsp3) is 0.292. The number of H-pyrrole nitrogens is 2. The van der Waals surface area contributed by atoms with Crippen molar-refractivity contribution in [2.24, 2.45) is 5.92 Å². The number of hydrogen-bond donors (Lipinski definition) is 5. The zero-order valence-corrected chi connectivity index (χ0v) is 18.7. The quantitative estimate of drug-likeness (QED) is 0.267. The summed E-state index contributed by atoms with van der Waals surface area (Å²) in [5, 5.41) is 22.3. The summed E-state index contributed by atoms with van der Waals surface area (Å²) >= 11 is 0. The Morgan fingerprint density at radius 1 is 0.971 bits per heavy atom. The van der Waals surface area contributed by atoms with Gasteiger partial charge in [0.15, 0.2) is 0 Å². The van der Waals surface area contributed by atoms with Crippen LogP contribution in [-0.2, 0) is 4.79 Å². The first-order valence-corrected chi connectivity index (χ1v) is 11.4. The first kappa shape index (κ1) is 22.4. The van der Waals surface area contributed by atoms with Crippen molar-refractivity contribution >= 4 is 40.3 Å². The highest BCUT2D eigenvalue weighted by molar-refractivity contribution is 6.00. The third-order valence-electron chi connectivity index (χ3n) is 6.34. The van der Waals surface area contributed by atoms with Crippen LogP contribution in [0.25, 0.3) is 11.0 Å². The molecule has 0 aliphatic heterocycles. The maximum Gasteiger partial charge on any atom is 0.323 e. The van der Waals surface area contributed by atoms with Crippen LogP contribution in [0, 0.1) is 5.92 Å². The minimum Gasteiger partial charge on any atom is -0.481 e. The lowest BCUT2D eigenvalue weighted by molar-refractivity contribution is -0.138. The number of anilines is 3. The molecule has 180 valence electrons. The zero-order valence-electron chi connectivity index (χ0n) is 18.7. The molecule has 0 unspecified atom stereocenters.